The van der Waals surface area contributed by atoms with Crippen LogP contribution in [0, 0.1) is 0 Å². The summed E-state index contributed by atoms with van der Waals surface area (Å²) in [4.78, 5) is 20.1. The van der Waals surface area contributed by atoms with E-state index in [0.29, 0.717) is 17.7 Å². The molecule has 0 saturated heterocycles. The lowest BCUT2D eigenvalue weighted by atomic mass is 10.1. The number of sulfone groups is 1. The van der Waals surface area contributed by atoms with Gasteiger partial charge < -0.3 is 9.30 Å². The Labute approximate surface area is 134 Å². The van der Waals surface area contributed by atoms with Crippen molar-refractivity contribution in [2.45, 2.75) is 24.9 Å². The minimum atomic E-state index is -3.52. The summed E-state index contributed by atoms with van der Waals surface area (Å²) in [6.45, 7) is 2.01. The van der Waals surface area contributed by atoms with E-state index < -0.39 is 9.84 Å². The molecular weight excluding hydrogens is 318 g/mol. The fourth-order valence-corrected chi connectivity index (χ4v) is 2.73. The normalized spacial score (nSPS) is 11.5. The van der Waals surface area contributed by atoms with Gasteiger partial charge in [0.1, 0.15) is 0 Å². The van der Waals surface area contributed by atoms with Crippen molar-refractivity contribution in [2.75, 3.05) is 13.4 Å². The van der Waals surface area contributed by atoms with Crippen LogP contribution in [0.4, 0.5) is 0 Å². The molecule has 0 N–H and O–H groups in total. The number of aryl methyl sites for hydroxylation is 2. The van der Waals surface area contributed by atoms with Gasteiger partial charge in [0, 0.05) is 31.3 Å². The van der Waals surface area contributed by atoms with Crippen LogP contribution in [-0.2, 0) is 23.3 Å². The van der Waals surface area contributed by atoms with Crippen LogP contribution < -0.4 is 10.3 Å². The van der Waals surface area contributed by atoms with Gasteiger partial charge in [0.25, 0.3) is 5.56 Å². The summed E-state index contributed by atoms with van der Waals surface area (Å²) in [6, 6.07) is 1.57. The maximum atomic E-state index is 11.9. The summed E-state index contributed by atoms with van der Waals surface area (Å²) >= 11 is 0. The average molecular weight is 337 g/mol. The van der Waals surface area contributed by atoms with E-state index in [0.717, 1.165) is 18.2 Å². The fourth-order valence-electron chi connectivity index (χ4n) is 2.23. The third-order valence-electron chi connectivity index (χ3n) is 3.34. The zero-order valence-corrected chi connectivity index (χ0v) is 14.3. The number of hydrogen-bond donors (Lipinski definition) is 0. The van der Waals surface area contributed by atoms with Crippen molar-refractivity contribution < 1.29 is 13.2 Å². The van der Waals surface area contributed by atoms with Gasteiger partial charge in [-0.15, -0.1) is 0 Å². The van der Waals surface area contributed by atoms with Crippen LogP contribution in [-0.4, -0.2) is 36.3 Å². The molecule has 0 aliphatic rings. The van der Waals surface area contributed by atoms with E-state index in [-0.39, 0.29) is 16.5 Å². The Morgan fingerprint density at radius 2 is 2.04 bits per heavy atom. The summed E-state index contributed by atoms with van der Waals surface area (Å²) in [5.74, 6) is 0.173. The SMILES string of the molecule is CCCc1cnc(S(C)(=O)=O)nc1-c1cc(OC)c(=O)n(C)c1. The van der Waals surface area contributed by atoms with Gasteiger partial charge in [-0.3, -0.25) is 4.79 Å². The second-order valence-electron chi connectivity index (χ2n) is 5.26. The summed E-state index contributed by atoms with van der Waals surface area (Å²) < 4.78 is 29.9. The Bertz CT molecular complexity index is 888. The third-order valence-corrected chi connectivity index (χ3v) is 4.20. The standard InChI is InChI=1S/C15H19N3O4S/c1-5-6-10-8-16-15(23(4,20)21)17-13(10)11-7-12(22-3)14(19)18(2)9-11/h7-9H,5-6H2,1-4H3. The monoisotopic (exact) mass is 337 g/mol. The number of ether oxygens (including phenoxy) is 1. The molecule has 2 aromatic heterocycles. The topological polar surface area (TPSA) is 91.2 Å². The predicted octanol–water partition coefficient (Wildman–Crippen LogP) is 1.21. The van der Waals surface area contributed by atoms with E-state index in [4.69, 9.17) is 4.74 Å². The van der Waals surface area contributed by atoms with Crippen molar-refractivity contribution in [1.29, 1.82) is 0 Å². The van der Waals surface area contributed by atoms with Crippen LogP contribution in [0.1, 0.15) is 18.9 Å². The first-order valence-electron chi connectivity index (χ1n) is 7.09. The van der Waals surface area contributed by atoms with Crippen molar-refractivity contribution in [2.24, 2.45) is 7.05 Å². The number of nitrogens with zero attached hydrogens (tertiary/aromatic N) is 3. The molecule has 2 aromatic rings. The Morgan fingerprint density at radius 1 is 1.35 bits per heavy atom. The van der Waals surface area contributed by atoms with Gasteiger partial charge in [0.15, 0.2) is 5.75 Å². The van der Waals surface area contributed by atoms with Crippen LogP contribution in [0.5, 0.6) is 5.75 Å². The van der Waals surface area contributed by atoms with E-state index in [1.54, 1.807) is 19.3 Å². The molecule has 0 radical (unpaired) electrons. The van der Waals surface area contributed by atoms with Crippen molar-refractivity contribution in [1.82, 2.24) is 14.5 Å². The maximum absolute atomic E-state index is 11.9. The molecule has 0 aliphatic heterocycles. The maximum Gasteiger partial charge on any atom is 0.292 e. The molecule has 0 saturated carbocycles. The minimum Gasteiger partial charge on any atom is -0.491 e. The highest BCUT2D eigenvalue weighted by molar-refractivity contribution is 7.90. The largest absolute Gasteiger partial charge is 0.491 e. The van der Waals surface area contributed by atoms with Gasteiger partial charge in [-0.2, -0.15) is 0 Å². The highest BCUT2D eigenvalue weighted by Gasteiger charge is 2.17. The Balaban J connectivity index is 2.74. The number of aromatic nitrogens is 3. The van der Waals surface area contributed by atoms with Crippen molar-refractivity contribution in [3.63, 3.8) is 0 Å². The quantitative estimate of drug-likeness (QED) is 0.762. The van der Waals surface area contributed by atoms with Crippen LogP contribution in [0.25, 0.3) is 11.3 Å². The summed E-state index contributed by atoms with van der Waals surface area (Å²) in [7, 11) is -0.505. The Morgan fingerprint density at radius 3 is 2.61 bits per heavy atom. The molecule has 0 spiro atoms. The van der Waals surface area contributed by atoms with Gasteiger partial charge in [0.05, 0.1) is 12.8 Å². The lowest BCUT2D eigenvalue weighted by molar-refractivity contribution is 0.405. The zero-order valence-electron chi connectivity index (χ0n) is 13.5. The molecule has 0 fully saturated rings. The molecule has 0 aromatic carbocycles. The van der Waals surface area contributed by atoms with Crippen molar-refractivity contribution in [3.8, 4) is 17.0 Å². The second kappa shape index (κ2) is 6.49. The first-order chi connectivity index (χ1) is 10.8. The van der Waals surface area contributed by atoms with Gasteiger partial charge in [-0.1, -0.05) is 13.3 Å². The average Bonchev–Trinajstić information content (AvgIpc) is 2.49. The van der Waals surface area contributed by atoms with Crippen LogP contribution in [0.15, 0.2) is 28.4 Å². The lowest BCUT2D eigenvalue weighted by Crippen LogP contribution is -2.18. The molecule has 7 nitrogen and oxygen atoms in total. The molecule has 2 rings (SSSR count). The molecule has 124 valence electrons. The third kappa shape index (κ3) is 3.58. The second-order valence-corrected chi connectivity index (χ2v) is 7.17. The molecular formula is C15H19N3O4S. The molecule has 0 bridgehead atoms. The molecule has 0 unspecified atom stereocenters. The zero-order chi connectivity index (χ0) is 17.2. The van der Waals surface area contributed by atoms with E-state index in [1.165, 1.54) is 17.9 Å². The van der Waals surface area contributed by atoms with Crippen molar-refractivity contribution in [3.05, 3.63) is 34.4 Å². The number of hydrogen-bond acceptors (Lipinski definition) is 6. The Hall–Kier alpha value is -2.22. The predicted molar refractivity (Wildman–Crippen MR) is 86.4 cm³/mol. The highest BCUT2D eigenvalue weighted by Crippen LogP contribution is 2.25. The lowest BCUT2D eigenvalue weighted by Gasteiger charge is -2.11. The highest BCUT2D eigenvalue weighted by atomic mass is 32.2. The number of pyridine rings is 1. The van der Waals surface area contributed by atoms with Gasteiger partial charge in [-0.05, 0) is 18.1 Å². The van der Waals surface area contributed by atoms with Gasteiger partial charge >= 0.3 is 0 Å². The molecule has 0 aliphatic carbocycles. The summed E-state index contributed by atoms with van der Waals surface area (Å²) in [6.07, 6.45) is 5.76. The van der Waals surface area contributed by atoms with E-state index in [1.807, 2.05) is 6.92 Å². The van der Waals surface area contributed by atoms with E-state index in [2.05, 4.69) is 9.97 Å². The van der Waals surface area contributed by atoms with Crippen LogP contribution >= 0.6 is 0 Å². The summed E-state index contributed by atoms with van der Waals surface area (Å²) in [5, 5.41) is -0.236. The van der Waals surface area contributed by atoms with E-state index >= 15 is 0 Å². The molecule has 2 heterocycles. The first-order valence-corrected chi connectivity index (χ1v) is 8.98. The first kappa shape index (κ1) is 17.1. The molecule has 0 amide bonds. The number of rotatable bonds is 5. The smallest absolute Gasteiger partial charge is 0.292 e. The Kier molecular flexibility index (Phi) is 4.84. The van der Waals surface area contributed by atoms with Crippen molar-refractivity contribution >= 4 is 9.84 Å². The minimum absolute atomic E-state index is 0.173. The van der Waals surface area contributed by atoms with Gasteiger partial charge in [0.2, 0.25) is 15.0 Å². The van der Waals surface area contributed by atoms with Gasteiger partial charge in [-0.25, -0.2) is 18.4 Å². The molecule has 23 heavy (non-hydrogen) atoms. The van der Waals surface area contributed by atoms with E-state index in [9.17, 15) is 13.2 Å². The van der Waals surface area contributed by atoms with Crippen LogP contribution in [0.2, 0.25) is 0 Å². The summed E-state index contributed by atoms with van der Waals surface area (Å²) in [5.41, 5.74) is 1.65. The molecule has 0 atom stereocenters. The molecule has 8 heteroatoms. The number of methoxy groups -OCH3 is 1. The van der Waals surface area contributed by atoms with Crippen LogP contribution in [0.3, 0.4) is 0 Å². The fraction of sp³-hybridized carbons (Fsp3) is 0.400.